The maximum atomic E-state index is 13.6. The van der Waals surface area contributed by atoms with Gasteiger partial charge < -0.3 is 31.5 Å². The minimum Gasteiger partial charge on any atom is -0.481 e. The van der Waals surface area contributed by atoms with Gasteiger partial charge in [0.2, 0.25) is 15.9 Å². The van der Waals surface area contributed by atoms with Crippen LogP contribution in [0, 0.1) is 11.8 Å². The molecular weight excluding hydrogens is 552 g/mol. The number of hydrogen-bond donors (Lipinski definition) is 5. The summed E-state index contributed by atoms with van der Waals surface area (Å²) in [5, 5.41) is 11.9. The van der Waals surface area contributed by atoms with Crippen LogP contribution in [0.25, 0.3) is 0 Å². The molecule has 0 aliphatic carbocycles. The van der Waals surface area contributed by atoms with Crippen LogP contribution in [0.4, 0.5) is 5.69 Å². The van der Waals surface area contributed by atoms with E-state index in [0.29, 0.717) is 56.9 Å². The second-order valence-electron chi connectivity index (χ2n) is 10.8. The smallest absolute Gasteiger partial charge is 0.306 e. The molecule has 228 valence electrons. The number of likely N-dealkylation sites (tertiary alicyclic amines) is 1. The summed E-state index contributed by atoms with van der Waals surface area (Å²) in [6.07, 6.45) is 2.94. The lowest BCUT2D eigenvalue weighted by molar-refractivity contribution is -0.148. The van der Waals surface area contributed by atoms with E-state index < -0.39 is 28.0 Å². The molecule has 0 radical (unpaired) electrons. The molecule has 0 spiro atoms. The molecule has 0 aromatic heterocycles. The number of para-hydroxylation sites is 1. The standard InChI is InChI=1S/C27H42N6O7S/c1-18-16-20-4-2-6-22(25(20)31-17-18)41(38,39)32-21(5-3-12-30-27(28)29)26(37)33-13-9-19(10-14-33)11-15-40-24(36)8-7-23(34)35/h2,4,6,18-19,21,31-32H,3,5,7-17H2,1H3,(H,34,35)(H4,28,29,30)/t18?,21-/m0/s1. The zero-order valence-electron chi connectivity index (χ0n) is 23.5. The van der Waals surface area contributed by atoms with Crippen LogP contribution >= 0.6 is 0 Å². The minimum absolute atomic E-state index is 0.0701. The fourth-order valence-corrected chi connectivity index (χ4v) is 6.62. The zero-order valence-corrected chi connectivity index (χ0v) is 24.3. The SMILES string of the molecule is CC1CNc2c(cccc2S(=O)(=O)N[C@@H](CCCN=C(N)N)C(=O)N2CCC(CCOC(=O)CCC(=O)O)CC2)C1. The summed E-state index contributed by atoms with van der Waals surface area (Å²) in [5.41, 5.74) is 12.3. The van der Waals surface area contributed by atoms with Crippen LogP contribution in [-0.4, -0.2) is 81.1 Å². The Hall–Kier alpha value is -3.39. The molecule has 3 rings (SSSR count). The molecule has 2 aliphatic heterocycles. The third-order valence-electron chi connectivity index (χ3n) is 7.40. The monoisotopic (exact) mass is 594 g/mol. The summed E-state index contributed by atoms with van der Waals surface area (Å²) in [5.74, 6) is -1.36. The molecule has 0 saturated carbocycles. The van der Waals surface area contributed by atoms with E-state index >= 15 is 0 Å². The van der Waals surface area contributed by atoms with Crippen molar-refractivity contribution in [3.8, 4) is 0 Å². The van der Waals surface area contributed by atoms with Crippen LogP contribution in [-0.2, 0) is 35.6 Å². The first-order chi connectivity index (χ1) is 19.5. The van der Waals surface area contributed by atoms with Crippen molar-refractivity contribution in [2.24, 2.45) is 28.3 Å². The highest BCUT2D eigenvalue weighted by molar-refractivity contribution is 7.89. The number of fused-ring (bicyclic) bond motifs is 1. The lowest BCUT2D eigenvalue weighted by atomic mass is 9.93. The number of nitrogens with zero attached hydrogens (tertiary/aromatic N) is 2. The number of carbonyl (C=O) groups is 3. The van der Waals surface area contributed by atoms with Gasteiger partial charge in [0.05, 0.1) is 25.1 Å². The summed E-state index contributed by atoms with van der Waals surface area (Å²) >= 11 is 0. The number of carboxylic acids is 1. The molecule has 1 amide bonds. The molecule has 2 aliphatic rings. The van der Waals surface area contributed by atoms with E-state index in [4.69, 9.17) is 21.3 Å². The Morgan fingerprint density at radius 1 is 1.22 bits per heavy atom. The van der Waals surface area contributed by atoms with Gasteiger partial charge in [-0.05, 0) is 62.0 Å². The van der Waals surface area contributed by atoms with E-state index in [1.807, 2.05) is 6.07 Å². The van der Waals surface area contributed by atoms with Gasteiger partial charge in [-0.25, -0.2) is 8.42 Å². The zero-order chi connectivity index (χ0) is 30.0. The summed E-state index contributed by atoms with van der Waals surface area (Å²) in [7, 11) is -4.03. The van der Waals surface area contributed by atoms with Gasteiger partial charge >= 0.3 is 11.9 Å². The number of piperidine rings is 1. The number of esters is 1. The Balaban J connectivity index is 1.62. The average Bonchev–Trinajstić information content (AvgIpc) is 2.92. The van der Waals surface area contributed by atoms with Crippen LogP contribution in [0.2, 0.25) is 0 Å². The Kier molecular flexibility index (Phi) is 11.8. The quantitative estimate of drug-likeness (QED) is 0.0894. The van der Waals surface area contributed by atoms with E-state index in [1.165, 1.54) is 0 Å². The number of carboxylic acid groups (broad SMARTS) is 1. The van der Waals surface area contributed by atoms with Gasteiger partial charge in [-0.3, -0.25) is 19.4 Å². The number of anilines is 1. The molecular formula is C27H42N6O7S. The number of aliphatic carboxylic acids is 1. The van der Waals surface area contributed by atoms with Crippen LogP contribution < -0.4 is 21.5 Å². The van der Waals surface area contributed by atoms with E-state index in [1.54, 1.807) is 17.0 Å². The molecule has 1 saturated heterocycles. The van der Waals surface area contributed by atoms with Crippen molar-refractivity contribution in [2.45, 2.75) is 69.2 Å². The number of amides is 1. The van der Waals surface area contributed by atoms with Crippen LogP contribution in [0.3, 0.4) is 0 Å². The van der Waals surface area contributed by atoms with E-state index in [-0.39, 0.29) is 55.1 Å². The van der Waals surface area contributed by atoms with Gasteiger partial charge in [-0.2, -0.15) is 4.72 Å². The molecule has 1 aromatic rings. The first kappa shape index (κ1) is 32.1. The van der Waals surface area contributed by atoms with Gasteiger partial charge in [0, 0.05) is 26.2 Å². The number of guanidine groups is 1. The number of nitrogens with two attached hydrogens (primary N) is 2. The molecule has 2 heterocycles. The third kappa shape index (κ3) is 9.88. The first-order valence-electron chi connectivity index (χ1n) is 14.1. The summed E-state index contributed by atoms with van der Waals surface area (Å²) in [6, 6.07) is 4.19. The highest BCUT2D eigenvalue weighted by atomic mass is 32.2. The number of rotatable bonds is 14. The van der Waals surface area contributed by atoms with Crippen LogP contribution in [0.5, 0.6) is 0 Å². The van der Waals surface area contributed by atoms with E-state index in [0.717, 1.165) is 12.0 Å². The van der Waals surface area contributed by atoms with E-state index in [9.17, 15) is 22.8 Å². The second-order valence-corrected chi connectivity index (χ2v) is 12.5. The maximum Gasteiger partial charge on any atom is 0.306 e. The predicted molar refractivity (Wildman–Crippen MR) is 154 cm³/mol. The van der Waals surface area contributed by atoms with Crippen molar-refractivity contribution < 1.29 is 32.6 Å². The molecule has 1 fully saturated rings. The van der Waals surface area contributed by atoms with Crippen molar-refractivity contribution in [1.82, 2.24) is 9.62 Å². The highest BCUT2D eigenvalue weighted by Gasteiger charge is 2.33. The normalized spacial score (nSPS) is 18.1. The van der Waals surface area contributed by atoms with Crippen molar-refractivity contribution in [3.05, 3.63) is 23.8 Å². The summed E-state index contributed by atoms with van der Waals surface area (Å²) < 4.78 is 34.9. The molecule has 0 bridgehead atoms. The number of aliphatic imine (C=N–C) groups is 1. The van der Waals surface area contributed by atoms with Crippen molar-refractivity contribution >= 4 is 39.5 Å². The second kappa shape index (κ2) is 15.0. The maximum absolute atomic E-state index is 13.6. The molecule has 7 N–H and O–H groups in total. The third-order valence-corrected chi connectivity index (χ3v) is 8.91. The predicted octanol–water partition coefficient (Wildman–Crippen LogP) is 1.03. The number of sulfonamides is 1. The number of hydrogen-bond acceptors (Lipinski definition) is 8. The molecule has 41 heavy (non-hydrogen) atoms. The topological polar surface area (TPSA) is 207 Å². The number of nitrogens with one attached hydrogen (secondary N) is 2. The van der Waals surface area contributed by atoms with Gasteiger partial charge in [-0.15, -0.1) is 0 Å². The van der Waals surface area contributed by atoms with Gasteiger partial charge in [0.1, 0.15) is 10.9 Å². The fraction of sp³-hybridized carbons (Fsp3) is 0.630. The Bertz CT molecular complexity index is 1210. The van der Waals surface area contributed by atoms with Gasteiger partial charge in [0.25, 0.3) is 0 Å². The Labute approximate surface area is 241 Å². The Morgan fingerprint density at radius 2 is 1.95 bits per heavy atom. The Morgan fingerprint density at radius 3 is 2.63 bits per heavy atom. The lowest BCUT2D eigenvalue weighted by Crippen LogP contribution is -2.50. The van der Waals surface area contributed by atoms with Gasteiger partial charge in [0.15, 0.2) is 5.96 Å². The first-order valence-corrected chi connectivity index (χ1v) is 15.5. The van der Waals surface area contributed by atoms with Crippen molar-refractivity contribution in [1.29, 1.82) is 0 Å². The fourth-order valence-electron chi connectivity index (χ4n) is 5.17. The molecule has 13 nitrogen and oxygen atoms in total. The van der Waals surface area contributed by atoms with Crippen LogP contribution in [0.1, 0.15) is 57.4 Å². The number of benzene rings is 1. The highest BCUT2D eigenvalue weighted by Crippen LogP contribution is 2.31. The minimum atomic E-state index is -4.03. The van der Waals surface area contributed by atoms with Crippen molar-refractivity contribution in [3.63, 3.8) is 0 Å². The van der Waals surface area contributed by atoms with Crippen LogP contribution in [0.15, 0.2) is 28.1 Å². The average molecular weight is 595 g/mol. The molecule has 1 unspecified atom stereocenters. The largest absolute Gasteiger partial charge is 0.481 e. The number of ether oxygens (including phenoxy) is 1. The molecule has 2 atom stereocenters. The summed E-state index contributed by atoms with van der Waals surface area (Å²) in [4.78, 5) is 41.6. The van der Waals surface area contributed by atoms with E-state index in [2.05, 4.69) is 22.0 Å². The van der Waals surface area contributed by atoms with Crippen molar-refractivity contribution in [2.75, 3.05) is 38.1 Å². The summed E-state index contributed by atoms with van der Waals surface area (Å²) in [6.45, 7) is 4.11. The van der Waals surface area contributed by atoms with Gasteiger partial charge in [-0.1, -0.05) is 19.1 Å². The lowest BCUT2D eigenvalue weighted by Gasteiger charge is -2.34. The molecule has 14 heteroatoms. The number of carbonyl (C=O) groups excluding carboxylic acids is 2. The molecule has 1 aromatic carbocycles.